The van der Waals surface area contributed by atoms with Crippen molar-refractivity contribution in [1.82, 2.24) is 15.1 Å². The molecule has 1 atom stereocenters. The van der Waals surface area contributed by atoms with E-state index >= 15 is 0 Å². The summed E-state index contributed by atoms with van der Waals surface area (Å²) in [5.41, 5.74) is 3.54. The second kappa shape index (κ2) is 8.74. The lowest BCUT2D eigenvalue weighted by molar-refractivity contribution is -0.123. The summed E-state index contributed by atoms with van der Waals surface area (Å²) in [7, 11) is 0. The van der Waals surface area contributed by atoms with Gasteiger partial charge in [0.05, 0.1) is 6.04 Å². The second-order valence-electron chi connectivity index (χ2n) is 9.30. The van der Waals surface area contributed by atoms with Crippen molar-refractivity contribution in [2.45, 2.75) is 50.7 Å². The zero-order valence-electron chi connectivity index (χ0n) is 18.3. The first-order chi connectivity index (χ1) is 15.9. The predicted molar refractivity (Wildman–Crippen MR) is 118 cm³/mol. The summed E-state index contributed by atoms with van der Waals surface area (Å²) in [6, 6.07) is 8.55. The standard InChI is InChI=1S/C25H27F2N3O3/c26-21-9-15(10-22(27)24(21)32)13-29-7-5-16(6-8-29)17-1-3-20-18(11-17)14-30(25(20)33)19-2-4-23(31)28-12-19/h1,3,9-11,16,19,32H,2,4-8,12-14H2,(H,28,31). The number of carbonyl (C=O) groups is 2. The topological polar surface area (TPSA) is 72.9 Å². The zero-order chi connectivity index (χ0) is 23.1. The Morgan fingerprint density at radius 2 is 1.76 bits per heavy atom. The first kappa shape index (κ1) is 21.8. The quantitative estimate of drug-likeness (QED) is 0.742. The van der Waals surface area contributed by atoms with Gasteiger partial charge in [-0.3, -0.25) is 14.5 Å². The summed E-state index contributed by atoms with van der Waals surface area (Å²) >= 11 is 0. The van der Waals surface area contributed by atoms with Crippen molar-refractivity contribution in [1.29, 1.82) is 0 Å². The Hall–Kier alpha value is -3.00. The average molecular weight is 456 g/mol. The molecular formula is C25H27F2N3O3. The van der Waals surface area contributed by atoms with Gasteiger partial charge >= 0.3 is 0 Å². The number of phenols is 1. The molecule has 0 aromatic heterocycles. The number of fused-ring (bicyclic) bond motifs is 1. The average Bonchev–Trinajstić information content (AvgIpc) is 3.14. The Morgan fingerprint density at radius 1 is 1.03 bits per heavy atom. The minimum atomic E-state index is -0.933. The maximum absolute atomic E-state index is 13.6. The van der Waals surface area contributed by atoms with E-state index in [0.29, 0.717) is 44.0 Å². The Balaban J connectivity index is 1.21. The molecular weight excluding hydrogens is 428 g/mol. The molecule has 2 aromatic carbocycles. The van der Waals surface area contributed by atoms with Crippen molar-refractivity contribution < 1.29 is 23.5 Å². The molecule has 8 heteroatoms. The Labute approximate surface area is 191 Å². The van der Waals surface area contributed by atoms with Crippen LogP contribution >= 0.6 is 0 Å². The molecule has 2 aromatic rings. The lowest BCUT2D eigenvalue weighted by Gasteiger charge is -2.32. The van der Waals surface area contributed by atoms with Crippen molar-refractivity contribution in [3.8, 4) is 5.75 Å². The number of likely N-dealkylation sites (tertiary alicyclic amines) is 1. The molecule has 0 saturated carbocycles. The van der Waals surface area contributed by atoms with Crippen LogP contribution < -0.4 is 5.32 Å². The molecule has 0 bridgehead atoms. The molecule has 0 radical (unpaired) electrons. The lowest BCUT2D eigenvalue weighted by atomic mass is 9.87. The molecule has 3 aliphatic rings. The zero-order valence-corrected chi connectivity index (χ0v) is 18.3. The first-order valence-corrected chi connectivity index (χ1v) is 11.5. The largest absolute Gasteiger partial charge is 0.503 e. The van der Waals surface area contributed by atoms with Gasteiger partial charge in [0.1, 0.15) is 0 Å². The van der Waals surface area contributed by atoms with Gasteiger partial charge in [0.25, 0.3) is 5.91 Å². The van der Waals surface area contributed by atoms with Gasteiger partial charge in [-0.2, -0.15) is 0 Å². The van der Waals surface area contributed by atoms with Crippen molar-refractivity contribution in [3.05, 3.63) is 64.2 Å². The van der Waals surface area contributed by atoms with E-state index in [1.54, 1.807) is 0 Å². The number of benzene rings is 2. The van der Waals surface area contributed by atoms with Gasteiger partial charge in [-0.05, 0) is 73.2 Å². The highest BCUT2D eigenvalue weighted by molar-refractivity contribution is 5.98. The van der Waals surface area contributed by atoms with Gasteiger partial charge in [0.15, 0.2) is 17.4 Å². The molecule has 3 heterocycles. The lowest BCUT2D eigenvalue weighted by Crippen LogP contribution is -2.48. The summed E-state index contributed by atoms with van der Waals surface area (Å²) in [5.74, 6) is -2.34. The number of piperidine rings is 2. The highest BCUT2D eigenvalue weighted by Crippen LogP contribution is 2.34. The van der Waals surface area contributed by atoms with Crippen molar-refractivity contribution in [2.24, 2.45) is 0 Å². The highest BCUT2D eigenvalue weighted by Gasteiger charge is 2.35. The molecule has 2 fully saturated rings. The van der Waals surface area contributed by atoms with Crippen LogP contribution in [0.1, 0.15) is 58.6 Å². The van der Waals surface area contributed by atoms with E-state index in [1.807, 2.05) is 17.0 Å². The Kier molecular flexibility index (Phi) is 5.78. The number of carbonyl (C=O) groups excluding carboxylic acids is 2. The number of halogens is 2. The van der Waals surface area contributed by atoms with Crippen LogP contribution in [0.4, 0.5) is 8.78 Å². The van der Waals surface area contributed by atoms with Crippen LogP contribution in [0.25, 0.3) is 0 Å². The van der Waals surface area contributed by atoms with E-state index in [1.165, 1.54) is 17.7 Å². The predicted octanol–water partition coefficient (Wildman–Crippen LogP) is 3.28. The molecule has 0 aliphatic carbocycles. The van der Waals surface area contributed by atoms with E-state index in [0.717, 1.165) is 37.1 Å². The maximum atomic E-state index is 13.6. The third-order valence-electron chi connectivity index (χ3n) is 7.18. The normalized spacial score (nSPS) is 21.9. The number of amides is 2. The summed E-state index contributed by atoms with van der Waals surface area (Å²) < 4.78 is 27.2. The van der Waals surface area contributed by atoms with Gasteiger partial charge in [-0.25, -0.2) is 8.78 Å². The molecule has 3 aliphatic heterocycles. The minimum absolute atomic E-state index is 0.0425. The van der Waals surface area contributed by atoms with Crippen LogP contribution in [0.3, 0.4) is 0 Å². The van der Waals surface area contributed by atoms with E-state index in [2.05, 4.69) is 16.3 Å². The summed E-state index contributed by atoms with van der Waals surface area (Å²) in [6.07, 6.45) is 3.01. The van der Waals surface area contributed by atoms with Crippen LogP contribution in [0.5, 0.6) is 5.75 Å². The van der Waals surface area contributed by atoms with E-state index < -0.39 is 17.4 Å². The number of hydrogen-bond acceptors (Lipinski definition) is 4. The van der Waals surface area contributed by atoms with Crippen molar-refractivity contribution in [3.63, 3.8) is 0 Å². The van der Waals surface area contributed by atoms with Crippen LogP contribution in [0.2, 0.25) is 0 Å². The third-order valence-corrected chi connectivity index (χ3v) is 7.18. The van der Waals surface area contributed by atoms with Gasteiger partial charge < -0.3 is 15.3 Å². The number of nitrogens with one attached hydrogen (secondary N) is 1. The molecule has 6 nitrogen and oxygen atoms in total. The number of aromatic hydroxyl groups is 1. The van der Waals surface area contributed by atoms with Crippen LogP contribution in [-0.2, 0) is 17.9 Å². The summed E-state index contributed by atoms with van der Waals surface area (Å²) in [4.78, 5) is 28.4. The van der Waals surface area contributed by atoms with E-state index in [9.17, 15) is 23.5 Å². The minimum Gasteiger partial charge on any atom is -0.503 e. The van der Waals surface area contributed by atoms with Gasteiger partial charge in [-0.15, -0.1) is 0 Å². The number of phenolic OH excluding ortho intramolecular Hbond substituents is 1. The highest BCUT2D eigenvalue weighted by atomic mass is 19.1. The van der Waals surface area contributed by atoms with Gasteiger partial charge in [-0.1, -0.05) is 12.1 Å². The fraction of sp³-hybridized carbons (Fsp3) is 0.440. The Morgan fingerprint density at radius 3 is 2.42 bits per heavy atom. The maximum Gasteiger partial charge on any atom is 0.254 e. The smallest absolute Gasteiger partial charge is 0.254 e. The fourth-order valence-corrected chi connectivity index (χ4v) is 5.29. The molecule has 33 heavy (non-hydrogen) atoms. The fourth-order valence-electron chi connectivity index (χ4n) is 5.29. The molecule has 2 N–H and O–H groups in total. The molecule has 2 amide bonds. The van der Waals surface area contributed by atoms with Gasteiger partial charge in [0, 0.05) is 31.6 Å². The van der Waals surface area contributed by atoms with E-state index in [-0.39, 0.29) is 17.9 Å². The molecule has 0 spiro atoms. The van der Waals surface area contributed by atoms with E-state index in [4.69, 9.17) is 0 Å². The summed E-state index contributed by atoms with van der Waals surface area (Å²) in [6.45, 7) is 3.14. The first-order valence-electron chi connectivity index (χ1n) is 11.5. The summed E-state index contributed by atoms with van der Waals surface area (Å²) in [5, 5.41) is 12.1. The van der Waals surface area contributed by atoms with Crippen molar-refractivity contribution >= 4 is 11.8 Å². The second-order valence-corrected chi connectivity index (χ2v) is 9.30. The molecule has 174 valence electrons. The molecule has 2 saturated heterocycles. The molecule has 1 unspecified atom stereocenters. The number of hydrogen-bond donors (Lipinski definition) is 2. The van der Waals surface area contributed by atoms with Crippen LogP contribution in [0, 0.1) is 11.6 Å². The number of nitrogens with zero attached hydrogens (tertiary/aromatic N) is 2. The van der Waals surface area contributed by atoms with Crippen LogP contribution in [0.15, 0.2) is 30.3 Å². The monoisotopic (exact) mass is 455 g/mol. The SMILES string of the molecule is O=C1CCC(N2Cc3cc(C4CCN(Cc5cc(F)c(O)c(F)c5)CC4)ccc3C2=O)CN1. The molecule has 5 rings (SSSR count). The Bertz CT molecular complexity index is 1070. The third kappa shape index (κ3) is 4.31. The van der Waals surface area contributed by atoms with Crippen molar-refractivity contribution in [2.75, 3.05) is 19.6 Å². The number of rotatable bonds is 4. The van der Waals surface area contributed by atoms with Crippen LogP contribution in [-0.4, -0.2) is 52.4 Å². The van der Waals surface area contributed by atoms with Gasteiger partial charge in [0.2, 0.25) is 5.91 Å².